The lowest BCUT2D eigenvalue weighted by atomic mass is 10.1. The Hall–Kier alpha value is -2.68. The molecule has 0 heterocycles. The molecule has 5 nitrogen and oxygen atoms in total. The Bertz CT molecular complexity index is 576. The fraction of sp³-hybridized carbons (Fsp3) is 0.214. The Morgan fingerprint density at radius 2 is 2.25 bits per heavy atom. The lowest BCUT2D eigenvalue weighted by Gasteiger charge is -2.04. The van der Waals surface area contributed by atoms with Gasteiger partial charge in [0.15, 0.2) is 0 Å². The smallest absolute Gasteiger partial charge is 0.330 e. The van der Waals surface area contributed by atoms with E-state index in [0.29, 0.717) is 0 Å². The van der Waals surface area contributed by atoms with E-state index in [-0.39, 0.29) is 30.0 Å². The number of nitrogens with one attached hydrogen (secondary N) is 1. The van der Waals surface area contributed by atoms with Crippen molar-refractivity contribution in [1.29, 1.82) is 5.26 Å². The topological polar surface area (TPSA) is 79.2 Å². The van der Waals surface area contributed by atoms with Crippen molar-refractivity contribution in [2.24, 2.45) is 0 Å². The maximum Gasteiger partial charge on any atom is 0.330 e. The van der Waals surface area contributed by atoms with Gasteiger partial charge >= 0.3 is 5.97 Å². The SMILES string of the molecule is COC(=O)/C=C/CNC(=O)Cc1ccc(C#N)cc1F. The average molecular weight is 276 g/mol. The molecular formula is C14H13FN2O3. The molecule has 104 valence electrons. The number of methoxy groups -OCH3 is 1. The number of carbonyl (C=O) groups excluding carboxylic acids is 2. The number of ether oxygens (including phenoxy) is 1. The Labute approximate surface area is 115 Å². The number of hydrogen-bond acceptors (Lipinski definition) is 4. The maximum atomic E-state index is 13.5. The predicted molar refractivity (Wildman–Crippen MR) is 69.0 cm³/mol. The van der Waals surface area contributed by atoms with Crippen LogP contribution in [-0.4, -0.2) is 25.5 Å². The first kappa shape index (κ1) is 15.4. The van der Waals surface area contributed by atoms with Gasteiger partial charge in [-0.1, -0.05) is 12.1 Å². The highest BCUT2D eigenvalue weighted by Crippen LogP contribution is 2.10. The van der Waals surface area contributed by atoms with Gasteiger partial charge < -0.3 is 10.1 Å². The summed E-state index contributed by atoms with van der Waals surface area (Å²) in [6.07, 6.45) is 2.48. The van der Waals surface area contributed by atoms with E-state index in [1.54, 1.807) is 0 Å². The number of hydrogen-bond donors (Lipinski definition) is 1. The molecule has 1 rings (SSSR count). The molecule has 0 saturated heterocycles. The molecule has 0 aliphatic heterocycles. The van der Waals surface area contributed by atoms with Crippen LogP contribution in [0.5, 0.6) is 0 Å². The van der Waals surface area contributed by atoms with Gasteiger partial charge in [0.05, 0.1) is 25.2 Å². The van der Waals surface area contributed by atoms with Gasteiger partial charge in [-0.2, -0.15) is 5.26 Å². The van der Waals surface area contributed by atoms with Crippen LogP contribution in [0.25, 0.3) is 0 Å². The van der Waals surface area contributed by atoms with E-state index < -0.39 is 11.8 Å². The van der Waals surface area contributed by atoms with E-state index in [1.165, 1.54) is 31.4 Å². The molecule has 6 heteroatoms. The number of rotatable bonds is 5. The summed E-state index contributed by atoms with van der Waals surface area (Å²) in [5.41, 5.74) is 0.408. The summed E-state index contributed by atoms with van der Waals surface area (Å²) >= 11 is 0. The minimum absolute atomic E-state index is 0.135. The molecule has 0 aliphatic rings. The molecule has 20 heavy (non-hydrogen) atoms. The van der Waals surface area contributed by atoms with Crippen molar-refractivity contribution in [3.05, 3.63) is 47.3 Å². The monoisotopic (exact) mass is 276 g/mol. The molecule has 0 unspecified atom stereocenters. The molecular weight excluding hydrogens is 263 g/mol. The highest BCUT2D eigenvalue weighted by Gasteiger charge is 2.08. The fourth-order valence-corrected chi connectivity index (χ4v) is 1.39. The van der Waals surface area contributed by atoms with Gasteiger partial charge in [-0.3, -0.25) is 4.79 Å². The second-order valence-corrected chi connectivity index (χ2v) is 3.82. The first-order valence-electron chi connectivity index (χ1n) is 5.76. The highest BCUT2D eigenvalue weighted by molar-refractivity contribution is 5.82. The summed E-state index contributed by atoms with van der Waals surface area (Å²) in [4.78, 5) is 22.3. The van der Waals surface area contributed by atoms with Crippen molar-refractivity contribution >= 4 is 11.9 Å². The first-order chi connectivity index (χ1) is 9.56. The largest absolute Gasteiger partial charge is 0.466 e. The van der Waals surface area contributed by atoms with E-state index in [0.717, 1.165) is 6.07 Å². The normalized spacial score (nSPS) is 10.1. The summed E-state index contributed by atoms with van der Waals surface area (Å²) in [6.45, 7) is 0.145. The number of esters is 1. The zero-order valence-corrected chi connectivity index (χ0v) is 10.9. The van der Waals surface area contributed by atoms with Crippen molar-refractivity contribution < 1.29 is 18.7 Å². The van der Waals surface area contributed by atoms with Crippen molar-refractivity contribution in [1.82, 2.24) is 5.32 Å². The Kier molecular flexibility index (Phi) is 5.91. The minimum atomic E-state index is -0.593. The number of nitriles is 1. The van der Waals surface area contributed by atoms with Crippen LogP contribution in [0.3, 0.4) is 0 Å². The summed E-state index contributed by atoms with van der Waals surface area (Å²) < 4.78 is 17.9. The van der Waals surface area contributed by atoms with Gasteiger partial charge in [0.25, 0.3) is 0 Å². The van der Waals surface area contributed by atoms with Crippen LogP contribution in [0.4, 0.5) is 4.39 Å². The van der Waals surface area contributed by atoms with Crippen LogP contribution >= 0.6 is 0 Å². The lowest BCUT2D eigenvalue weighted by Crippen LogP contribution is -2.25. The van der Waals surface area contributed by atoms with Crippen molar-refractivity contribution in [3.8, 4) is 6.07 Å². The molecule has 1 aromatic rings. The minimum Gasteiger partial charge on any atom is -0.466 e. The van der Waals surface area contributed by atoms with Crippen molar-refractivity contribution in [2.45, 2.75) is 6.42 Å². The molecule has 0 aliphatic carbocycles. The standard InChI is InChI=1S/C14H13FN2O3/c1-20-14(19)3-2-6-17-13(18)8-11-5-4-10(9-16)7-12(11)15/h2-5,7H,6,8H2,1H3,(H,17,18)/b3-2+. The van der Waals surface area contributed by atoms with E-state index in [1.807, 2.05) is 6.07 Å². The van der Waals surface area contributed by atoms with Gasteiger partial charge in [-0.05, 0) is 17.7 Å². The summed E-state index contributed by atoms with van der Waals surface area (Å²) in [5, 5.41) is 11.1. The van der Waals surface area contributed by atoms with E-state index in [9.17, 15) is 14.0 Å². The summed E-state index contributed by atoms with van der Waals surface area (Å²) in [5.74, 6) is -1.50. The van der Waals surface area contributed by atoms with Gasteiger partial charge in [0.1, 0.15) is 5.82 Å². The number of carbonyl (C=O) groups is 2. The molecule has 0 atom stereocenters. The van der Waals surface area contributed by atoms with Crippen molar-refractivity contribution in [3.63, 3.8) is 0 Å². The zero-order valence-electron chi connectivity index (χ0n) is 10.9. The third-order valence-corrected chi connectivity index (χ3v) is 2.41. The number of nitrogens with zero attached hydrogens (tertiary/aromatic N) is 1. The predicted octanol–water partition coefficient (Wildman–Crippen LogP) is 1.09. The summed E-state index contributed by atoms with van der Waals surface area (Å²) in [7, 11) is 1.25. The quantitative estimate of drug-likeness (QED) is 0.645. The zero-order chi connectivity index (χ0) is 15.0. The number of halogens is 1. The van der Waals surface area contributed by atoms with Gasteiger partial charge in [-0.15, -0.1) is 0 Å². The number of amides is 1. The first-order valence-corrected chi connectivity index (χ1v) is 5.76. The molecule has 0 radical (unpaired) electrons. The maximum absolute atomic E-state index is 13.5. The van der Waals surface area contributed by atoms with Crippen LogP contribution in [0.15, 0.2) is 30.4 Å². The van der Waals surface area contributed by atoms with Gasteiger partial charge in [-0.25, -0.2) is 9.18 Å². The molecule has 1 N–H and O–H groups in total. The number of benzene rings is 1. The third-order valence-electron chi connectivity index (χ3n) is 2.41. The second-order valence-electron chi connectivity index (χ2n) is 3.82. The van der Waals surface area contributed by atoms with Crippen LogP contribution in [0, 0.1) is 17.1 Å². The van der Waals surface area contributed by atoms with Crippen LogP contribution in [0.2, 0.25) is 0 Å². The molecule has 0 bridgehead atoms. The molecule has 1 amide bonds. The lowest BCUT2D eigenvalue weighted by molar-refractivity contribution is -0.134. The Balaban J connectivity index is 2.49. The van der Waals surface area contributed by atoms with E-state index in [2.05, 4.69) is 10.1 Å². The van der Waals surface area contributed by atoms with Crippen molar-refractivity contribution in [2.75, 3.05) is 13.7 Å². The van der Waals surface area contributed by atoms with E-state index in [4.69, 9.17) is 5.26 Å². The highest BCUT2D eigenvalue weighted by atomic mass is 19.1. The van der Waals surface area contributed by atoms with Gasteiger partial charge in [0.2, 0.25) is 5.91 Å². The molecule has 0 aromatic heterocycles. The van der Waals surface area contributed by atoms with Crippen LogP contribution in [0.1, 0.15) is 11.1 Å². The molecule has 0 fully saturated rings. The Morgan fingerprint density at radius 3 is 2.85 bits per heavy atom. The second kappa shape index (κ2) is 7.69. The van der Waals surface area contributed by atoms with Crippen LogP contribution < -0.4 is 5.32 Å². The molecule has 0 spiro atoms. The van der Waals surface area contributed by atoms with Crippen LogP contribution in [-0.2, 0) is 20.7 Å². The summed E-state index contributed by atoms with van der Waals surface area (Å²) in [6, 6.07) is 5.74. The van der Waals surface area contributed by atoms with E-state index >= 15 is 0 Å². The third kappa shape index (κ3) is 4.90. The molecule has 0 saturated carbocycles. The molecule has 1 aromatic carbocycles. The Morgan fingerprint density at radius 1 is 1.50 bits per heavy atom. The average Bonchev–Trinajstić information content (AvgIpc) is 2.45. The van der Waals surface area contributed by atoms with Gasteiger partial charge in [0, 0.05) is 12.6 Å². The fourth-order valence-electron chi connectivity index (χ4n) is 1.39.